The highest BCUT2D eigenvalue weighted by atomic mass is 16.5. The van der Waals surface area contributed by atoms with Gasteiger partial charge in [0.25, 0.3) is 0 Å². The van der Waals surface area contributed by atoms with Gasteiger partial charge in [0, 0.05) is 26.2 Å². The highest BCUT2D eigenvalue weighted by Gasteiger charge is 2.24. The van der Waals surface area contributed by atoms with Gasteiger partial charge in [-0.15, -0.1) is 0 Å². The number of aliphatic hydroxyl groups excluding tert-OH is 1. The van der Waals surface area contributed by atoms with Crippen molar-refractivity contribution >= 4 is 0 Å². The summed E-state index contributed by atoms with van der Waals surface area (Å²) in [6.07, 6.45) is 4.66. The van der Waals surface area contributed by atoms with E-state index in [2.05, 4.69) is 36.9 Å². The summed E-state index contributed by atoms with van der Waals surface area (Å²) in [6.45, 7) is 8.49. The van der Waals surface area contributed by atoms with Gasteiger partial charge in [0.05, 0.1) is 24.9 Å². The van der Waals surface area contributed by atoms with E-state index in [0.717, 1.165) is 51.1 Å². The molecule has 3 rings (SSSR count). The Morgan fingerprint density at radius 2 is 2.04 bits per heavy atom. The summed E-state index contributed by atoms with van der Waals surface area (Å²) in [5.41, 5.74) is 3.44. The molecule has 2 aliphatic rings. The van der Waals surface area contributed by atoms with Crippen LogP contribution in [0.2, 0.25) is 0 Å². The summed E-state index contributed by atoms with van der Waals surface area (Å²) in [5, 5.41) is 10.6. The van der Waals surface area contributed by atoms with Gasteiger partial charge < -0.3 is 19.5 Å². The molecule has 2 aliphatic heterocycles. The largest absolute Gasteiger partial charge is 0.387 e. The Balaban J connectivity index is 1.42. The van der Waals surface area contributed by atoms with Gasteiger partial charge in [0.2, 0.25) is 0 Å². The monoisotopic (exact) mass is 333 g/mol. The lowest BCUT2D eigenvalue weighted by molar-refractivity contribution is -0.0453. The maximum Gasteiger partial charge on any atom is 0.0919 e. The van der Waals surface area contributed by atoms with E-state index in [-0.39, 0.29) is 0 Å². The van der Waals surface area contributed by atoms with Crippen molar-refractivity contribution in [1.82, 2.24) is 4.90 Å². The zero-order chi connectivity index (χ0) is 16.9. The van der Waals surface area contributed by atoms with Crippen LogP contribution in [-0.2, 0) is 9.47 Å². The molecule has 4 nitrogen and oxygen atoms in total. The van der Waals surface area contributed by atoms with Gasteiger partial charge in [-0.2, -0.15) is 0 Å². The van der Waals surface area contributed by atoms with Crippen LogP contribution in [0.1, 0.15) is 48.5 Å². The average molecular weight is 333 g/mol. The number of nitrogens with zero attached hydrogens (tertiary/aromatic N) is 1. The number of aliphatic hydroxyl groups is 1. The van der Waals surface area contributed by atoms with Crippen molar-refractivity contribution in [2.75, 3.05) is 32.8 Å². The molecule has 0 radical (unpaired) electrons. The van der Waals surface area contributed by atoms with E-state index in [1.165, 1.54) is 17.5 Å². The fraction of sp³-hybridized carbons (Fsp3) is 0.700. The third kappa shape index (κ3) is 4.79. The summed E-state index contributed by atoms with van der Waals surface area (Å²) in [6, 6.07) is 6.30. The number of β-amino-alcohol motifs (C(OH)–C–C–N with tert-alkyl or cyclic N) is 1. The Hall–Kier alpha value is -0.940. The van der Waals surface area contributed by atoms with Crippen molar-refractivity contribution in [1.29, 1.82) is 0 Å². The topological polar surface area (TPSA) is 41.9 Å². The molecular weight excluding hydrogens is 302 g/mol. The van der Waals surface area contributed by atoms with Crippen molar-refractivity contribution in [2.24, 2.45) is 0 Å². The zero-order valence-corrected chi connectivity index (χ0v) is 15.0. The number of hydrogen-bond acceptors (Lipinski definition) is 4. The first-order valence-electron chi connectivity index (χ1n) is 9.32. The number of piperidine rings is 1. The first kappa shape index (κ1) is 17.9. The highest BCUT2D eigenvalue weighted by molar-refractivity contribution is 5.32. The van der Waals surface area contributed by atoms with Crippen LogP contribution in [0.5, 0.6) is 0 Å². The lowest BCUT2D eigenvalue weighted by Gasteiger charge is -2.33. The van der Waals surface area contributed by atoms with Crippen LogP contribution < -0.4 is 0 Å². The second kappa shape index (κ2) is 8.43. The molecule has 1 aromatic carbocycles. The van der Waals surface area contributed by atoms with Crippen LogP contribution >= 0.6 is 0 Å². The summed E-state index contributed by atoms with van der Waals surface area (Å²) in [4.78, 5) is 2.36. The summed E-state index contributed by atoms with van der Waals surface area (Å²) >= 11 is 0. The van der Waals surface area contributed by atoms with E-state index in [0.29, 0.717) is 18.8 Å². The van der Waals surface area contributed by atoms with Crippen LogP contribution in [0.25, 0.3) is 0 Å². The Morgan fingerprint density at radius 1 is 1.25 bits per heavy atom. The van der Waals surface area contributed by atoms with E-state index in [1.807, 2.05) is 0 Å². The molecule has 2 saturated heterocycles. The number of likely N-dealkylation sites (tertiary alicyclic amines) is 1. The molecule has 0 amide bonds. The van der Waals surface area contributed by atoms with Gasteiger partial charge in [0.1, 0.15) is 0 Å². The Morgan fingerprint density at radius 3 is 2.75 bits per heavy atom. The standard InChI is InChI=1S/C20H31NO3/c1-15-5-6-16(2)19(12-15)20(22)13-21-9-7-17(8-10-21)24-14-18-4-3-11-23-18/h5-6,12,17-18,20,22H,3-4,7-11,13-14H2,1-2H3/t18-,20+/m1/s1. The van der Waals surface area contributed by atoms with E-state index in [4.69, 9.17) is 9.47 Å². The van der Waals surface area contributed by atoms with Gasteiger partial charge in [-0.3, -0.25) is 0 Å². The fourth-order valence-corrected chi connectivity index (χ4v) is 3.74. The van der Waals surface area contributed by atoms with Crippen LogP contribution in [0, 0.1) is 13.8 Å². The van der Waals surface area contributed by atoms with Gasteiger partial charge in [-0.1, -0.05) is 23.8 Å². The zero-order valence-electron chi connectivity index (χ0n) is 15.0. The van der Waals surface area contributed by atoms with E-state index < -0.39 is 6.10 Å². The molecule has 24 heavy (non-hydrogen) atoms. The molecule has 2 heterocycles. The van der Waals surface area contributed by atoms with Crippen molar-refractivity contribution in [3.8, 4) is 0 Å². The van der Waals surface area contributed by atoms with Crippen LogP contribution in [0.15, 0.2) is 18.2 Å². The molecule has 2 atom stereocenters. The van der Waals surface area contributed by atoms with Gasteiger partial charge in [-0.25, -0.2) is 0 Å². The molecule has 0 unspecified atom stereocenters. The lowest BCUT2D eigenvalue weighted by Crippen LogP contribution is -2.40. The average Bonchev–Trinajstić information content (AvgIpc) is 3.10. The molecule has 4 heteroatoms. The predicted octanol–water partition coefficient (Wildman–Crippen LogP) is 3.00. The van der Waals surface area contributed by atoms with Crippen LogP contribution in [0.4, 0.5) is 0 Å². The quantitative estimate of drug-likeness (QED) is 0.869. The molecule has 0 aliphatic carbocycles. The smallest absolute Gasteiger partial charge is 0.0919 e. The Labute approximate surface area is 145 Å². The van der Waals surface area contributed by atoms with Gasteiger partial charge in [-0.05, 0) is 50.7 Å². The fourth-order valence-electron chi connectivity index (χ4n) is 3.74. The predicted molar refractivity (Wildman–Crippen MR) is 95.3 cm³/mol. The number of aryl methyl sites for hydroxylation is 2. The molecule has 2 fully saturated rings. The number of ether oxygens (including phenoxy) is 2. The van der Waals surface area contributed by atoms with Crippen molar-refractivity contribution in [3.05, 3.63) is 34.9 Å². The van der Waals surface area contributed by atoms with E-state index in [9.17, 15) is 5.11 Å². The van der Waals surface area contributed by atoms with Crippen molar-refractivity contribution in [2.45, 2.75) is 57.8 Å². The molecule has 134 valence electrons. The maximum absolute atomic E-state index is 10.6. The number of benzene rings is 1. The molecule has 0 aromatic heterocycles. The first-order valence-corrected chi connectivity index (χ1v) is 9.32. The second-order valence-corrected chi connectivity index (χ2v) is 7.34. The molecular formula is C20H31NO3. The van der Waals surface area contributed by atoms with Gasteiger partial charge >= 0.3 is 0 Å². The molecule has 0 saturated carbocycles. The van der Waals surface area contributed by atoms with E-state index in [1.54, 1.807) is 0 Å². The Kier molecular flexibility index (Phi) is 6.28. The third-order valence-electron chi connectivity index (χ3n) is 5.30. The first-order chi connectivity index (χ1) is 11.6. The number of rotatable bonds is 6. The molecule has 1 N–H and O–H groups in total. The third-order valence-corrected chi connectivity index (χ3v) is 5.30. The highest BCUT2D eigenvalue weighted by Crippen LogP contribution is 2.23. The van der Waals surface area contributed by atoms with E-state index >= 15 is 0 Å². The molecule has 0 spiro atoms. The van der Waals surface area contributed by atoms with Crippen LogP contribution in [-0.4, -0.2) is 55.1 Å². The van der Waals surface area contributed by atoms with Gasteiger partial charge in [0.15, 0.2) is 0 Å². The Bertz CT molecular complexity index is 520. The number of hydrogen-bond donors (Lipinski definition) is 1. The van der Waals surface area contributed by atoms with Crippen molar-refractivity contribution < 1.29 is 14.6 Å². The normalized spacial score (nSPS) is 24.4. The summed E-state index contributed by atoms with van der Waals surface area (Å²) in [5.74, 6) is 0. The molecule has 1 aromatic rings. The lowest BCUT2D eigenvalue weighted by atomic mass is 9.99. The minimum absolute atomic E-state index is 0.314. The second-order valence-electron chi connectivity index (χ2n) is 7.34. The maximum atomic E-state index is 10.6. The van der Waals surface area contributed by atoms with Crippen molar-refractivity contribution in [3.63, 3.8) is 0 Å². The molecule has 0 bridgehead atoms. The minimum atomic E-state index is -0.408. The summed E-state index contributed by atoms with van der Waals surface area (Å²) in [7, 11) is 0. The van der Waals surface area contributed by atoms with Crippen LogP contribution in [0.3, 0.4) is 0 Å². The minimum Gasteiger partial charge on any atom is -0.387 e. The SMILES string of the molecule is Cc1ccc(C)c([C@@H](O)CN2CCC(OC[C@H]3CCCO3)CC2)c1. The summed E-state index contributed by atoms with van der Waals surface area (Å²) < 4.78 is 11.6.